The number of anilines is 1. The standard InChI is InChI=1S/C19H27N5O/c1-2-11-24-18(8-10-21-24)22-19(25)20-13-17-9-12-23(15-17)14-16-6-4-3-5-7-16/h3-8,10,17H,2,9,11-15H2,1H3,(H2,20,22,25)/t17-/m1/s1. The Morgan fingerprint density at radius 1 is 1.28 bits per heavy atom. The fraction of sp³-hybridized carbons (Fsp3) is 0.474. The number of benzene rings is 1. The van der Waals surface area contributed by atoms with Crippen molar-refractivity contribution >= 4 is 11.8 Å². The summed E-state index contributed by atoms with van der Waals surface area (Å²) >= 11 is 0. The number of nitrogens with one attached hydrogen (secondary N) is 2. The van der Waals surface area contributed by atoms with Crippen LogP contribution >= 0.6 is 0 Å². The van der Waals surface area contributed by atoms with Crippen LogP contribution in [0.2, 0.25) is 0 Å². The van der Waals surface area contributed by atoms with E-state index in [1.54, 1.807) is 6.20 Å². The van der Waals surface area contributed by atoms with Crippen molar-refractivity contribution in [1.29, 1.82) is 0 Å². The molecule has 2 amide bonds. The fourth-order valence-corrected chi connectivity index (χ4v) is 3.29. The molecule has 1 aromatic carbocycles. The minimum Gasteiger partial charge on any atom is -0.338 e. The van der Waals surface area contributed by atoms with Gasteiger partial charge in [-0.2, -0.15) is 5.10 Å². The molecule has 0 aliphatic carbocycles. The Hall–Kier alpha value is -2.34. The summed E-state index contributed by atoms with van der Waals surface area (Å²) < 4.78 is 1.82. The smallest absolute Gasteiger partial charge is 0.320 e. The van der Waals surface area contributed by atoms with Gasteiger partial charge in [0.05, 0.1) is 6.20 Å². The Bertz CT molecular complexity index is 669. The average molecular weight is 341 g/mol. The molecule has 1 aromatic heterocycles. The molecule has 0 bridgehead atoms. The van der Waals surface area contributed by atoms with Gasteiger partial charge in [-0.05, 0) is 30.9 Å². The molecule has 2 heterocycles. The van der Waals surface area contributed by atoms with E-state index in [9.17, 15) is 4.79 Å². The summed E-state index contributed by atoms with van der Waals surface area (Å²) in [6.07, 6.45) is 3.82. The van der Waals surface area contributed by atoms with Crippen LogP contribution in [0.3, 0.4) is 0 Å². The summed E-state index contributed by atoms with van der Waals surface area (Å²) in [6, 6.07) is 12.2. The van der Waals surface area contributed by atoms with Crippen LogP contribution < -0.4 is 10.6 Å². The Morgan fingerprint density at radius 3 is 2.92 bits per heavy atom. The molecule has 6 heteroatoms. The molecule has 3 rings (SSSR count). The Kier molecular flexibility index (Phi) is 6.06. The van der Waals surface area contributed by atoms with Crippen molar-refractivity contribution in [1.82, 2.24) is 20.0 Å². The second-order valence-electron chi connectivity index (χ2n) is 6.65. The van der Waals surface area contributed by atoms with E-state index in [-0.39, 0.29) is 6.03 Å². The predicted molar refractivity (Wildman–Crippen MR) is 99.4 cm³/mol. The zero-order valence-corrected chi connectivity index (χ0v) is 14.8. The molecule has 1 fully saturated rings. The van der Waals surface area contributed by atoms with Crippen LogP contribution in [-0.4, -0.2) is 40.3 Å². The van der Waals surface area contributed by atoms with E-state index in [1.807, 2.05) is 16.8 Å². The third-order valence-corrected chi connectivity index (χ3v) is 4.56. The first-order valence-electron chi connectivity index (χ1n) is 9.07. The zero-order valence-electron chi connectivity index (χ0n) is 14.8. The van der Waals surface area contributed by atoms with E-state index in [0.29, 0.717) is 12.5 Å². The number of carbonyl (C=O) groups excluding carboxylic acids is 1. The first-order chi connectivity index (χ1) is 12.2. The molecule has 2 aromatic rings. The first-order valence-corrected chi connectivity index (χ1v) is 9.07. The normalized spacial score (nSPS) is 17.6. The number of urea groups is 1. The molecule has 1 atom stereocenters. The predicted octanol–water partition coefficient (Wildman–Crippen LogP) is 2.94. The van der Waals surface area contributed by atoms with Crippen LogP contribution in [0.5, 0.6) is 0 Å². The van der Waals surface area contributed by atoms with E-state index in [0.717, 1.165) is 44.8 Å². The lowest BCUT2D eigenvalue weighted by molar-refractivity contribution is 0.249. The van der Waals surface area contributed by atoms with Crippen LogP contribution in [0.4, 0.5) is 10.6 Å². The second kappa shape index (κ2) is 8.67. The van der Waals surface area contributed by atoms with E-state index >= 15 is 0 Å². The molecule has 0 unspecified atom stereocenters. The van der Waals surface area contributed by atoms with Gasteiger partial charge in [-0.25, -0.2) is 9.48 Å². The highest BCUT2D eigenvalue weighted by Gasteiger charge is 2.22. The Morgan fingerprint density at radius 2 is 2.12 bits per heavy atom. The van der Waals surface area contributed by atoms with Crippen LogP contribution in [-0.2, 0) is 13.1 Å². The lowest BCUT2D eigenvalue weighted by Crippen LogP contribution is -2.34. The summed E-state index contributed by atoms with van der Waals surface area (Å²) in [5.74, 6) is 1.26. The minimum absolute atomic E-state index is 0.153. The lowest BCUT2D eigenvalue weighted by atomic mass is 10.1. The molecule has 1 aliphatic heterocycles. The highest BCUT2D eigenvalue weighted by atomic mass is 16.2. The van der Waals surface area contributed by atoms with E-state index in [2.05, 4.69) is 51.8 Å². The van der Waals surface area contributed by atoms with Gasteiger partial charge in [0, 0.05) is 32.2 Å². The van der Waals surface area contributed by atoms with Gasteiger partial charge in [-0.15, -0.1) is 0 Å². The monoisotopic (exact) mass is 341 g/mol. The van der Waals surface area contributed by atoms with Crippen LogP contribution in [0, 0.1) is 5.92 Å². The number of hydrogen-bond donors (Lipinski definition) is 2. The largest absolute Gasteiger partial charge is 0.338 e. The molecule has 25 heavy (non-hydrogen) atoms. The number of aryl methyl sites for hydroxylation is 1. The topological polar surface area (TPSA) is 62.2 Å². The van der Waals surface area contributed by atoms with Gasteiger partial charge >= 0.3 is 6.03 Å². The van der Waals surface area contributed by atoms with Gasteiger partial charge in [-0.3, -0.25) is 10.2 Å². The summed E-state index contributed by atoms with van der Waals surface area (Å²) in [6.45, 7) is 6.71. The third kappa shape index (κ3) is 5.06. The molecule has 6 nitrogen and oxygen atoms in total. The first kappa shape index (κ1) is 17.5. The minimum atomic E-state index is -0.153. The van der Waals surface area contributed by atoms with E-state index < -0.39 is 0 Å². The van der Waals surface area contributed by atoms with Crippen molar-refractivity contribution in [2.24, 2.45) is 5.92 Å². The fourth-order valence-electron chi connectivity index (χ4n) is 3.29. The highest BCUT2D eigenvalue weighted by Crippen LogP contribution is 2.18. The maximum absolute atomic E-state index is 12.1. The summed E-state index contributed by atoms with van der Waals surface area (Å²) in [7, 11) is 0. The molecule has 0 radical (unpaired) electrons. The third-order valence-electron chi connectivity index (χ3n) is 4.56. The summed E-state index contributed by atoms with van der Waals surface area (Å²) in [5.41, 5.74) is 1.35. The van der Waals surface area contributed by atoms with Gasteiger partial charge in [0.2, 0.25) is 0 Å². The molecule has 1 aliphatic rings. The number of aromatic nitrogens is 2. The number of nitrogens with zero attached hydrogens (tertiary/aromatic N) is 3. The number of carbonyl (C=O) groups is 1. The average Bonchev–Trinajstić information content (AvgIpc) is 3.24. The molecule has 1 saturated heterocycles. The Labute approximate surface area is 149 Å². The van der Waals surface area contributed by atoms with Crippen LogP contribution in [0.15, 0.2) is 42.6 Å². The molecule has 2 N–H and O–H groups in total. The molecule has 134 valence electrons. The lowest BCUT2D eigenvalue weighted by Gasteiger charge is -2.16. The highest BCUT2D eigenvalue weighted by molar-refractivity contribution is 5.88. The van der Waals surface area contributed by atoms with Crippen molar-refractivity contribution in [3.05, 3.63) is 48.2 Å². The Balaban J connectivity index is 1.40. The SMILES string of the molecule is CCCn1nccc1NC(=O)NC[C@H]1CCN(Cc2ccccc2)C1. The zero-order chi connectivity index (χ0) is 17.5. The van der Waals surface area contributed by atoms with Crippen LogP contribution in [0.25, 0.3) is 0 Å². The van der Waals surface area contributed by atoms with Crippen molar-refractivity contribution in [3.63, 3.8) is 0 Å². The summed E-state index contributed by atoms with van der Waals surface area (Å²) in [5, 5.41) is 10.1. The molecular weight excluding hydrogens is 314 g/mol. The van der Waals surface area contributed by atoms with Crippen LogP contribution in [0.1, 0.15) is 25.3 Å². The number of amides is 2. The molecule has 0 saturated carbocycles. The number of hydrogen-bond acceptors (Lipinski definition) is 3. The van der Waals surface area contributed by atoms with Crippen molar-refractivity contribution in [3.8, 4) is 0 Å². The van der Waals surface area contributed by atoms with Crippen molar-refractivity contribution in [2.75, 3.05) is 25.0 Å². The summed E-state index contributed by atoms with van der Waals surface area (Å²) in [4.78, 5) is 14.6. The van der Waals surface area contributed by atoms with Gasteiger partial charge in [0.1, 0.15) is 5.82 Å². The molecule has 0 spiro atoms. The van der Waals surface area contributed by atoms with Gasteiger partial charge in [0.15, 0.2) is 0 Å². The van der Waals surface area contributed by atoms with E-state index in [1.165, 1.54) is 5.56 Å². The van der Waals surface area contributed by atoms with Gasteiger partial charge in [-0.1, -0.05) is 37.3 Å². The van der Waals surface area contributed by atoms with Gasteiger partial charge in [0.25, 0.3) is 0 Å². The number of likely N-dealkylation sites (tertiary alicyclic amines) is 1. The van der Waals surface area contributed by atoms with Crippen molar-refractivity contribution in [2.45, 2.75) is 32.9 Å². The van der Waals surface area contributed by atoms with Gasteiger partial charge < -0.3 is 5.32 Å². The van der Waals surface area contributed by atoms with Crippen molar-refractivity contribution < 1.29 is 4.79 Å². The number of rotatable bonds is 7. The quantitative estimate of drug-likeness (QED) is 0.814. The maximum Gasteiger partial charge on any atom is 0.320 e. The second-order valence-corrected chi connectivity index (χ2v) is 6.65. The van der Waals surface area contributed by atoms with E-state index in [4.69, 9.17) is 0 Å². The maximum atomic E-state index is 12.1. The molecular formula is C19H27N5O.